The minimum atomic E-state index is 0.547. The van der Waals surface area contributed by atoms with Crippen molar-refractivity contribution in [2.45, 2.75) is 5.82 Å². The summed E-state index contributed by atoms with van der Waals surface area (Å²) in [6, 6.07) is 13.1. The quantitative estimate of drug-likeness (QED) is 0.752. The summed E-state index contributed by atoms with van der Waals surface area (Å²) in [7, 11) is 4.21. The van der Waals surface area contributed by atoms with E-state index in [1.54, 1.807) is 0 Å². The Bertz CT molecular complexity index is 472. The van der Waals surface area contributed by atoms with E-state index in [0.29, 0.717) is 15.0 Å². The van der Waals surface area contributed by atoms with Crippen LogP contribution in [0, 0.1) is 0 Å². The van der Waals surface area contributed by atoms with E-state index in [-0.39, 0.29) is 0 Å². The Hall–Kier alpha value is -0.981. The van der Waals surface area contributed by atoms with E-state index in [0.717, 1.165) is 0 Å². The van der Waals surface area contributed by atoms with Gasteiger partial charge in [-0.1, -0.05) is 0 Å². The van der Waals surface area contributed by atoms with Crippen LogP contribution in [0.2, 0.25) is 5.82 Å². The fourth-order valence-corrected chi connectivity index (χ4v) is 3.18. The summed E-state index contributed by atoms with van der Waals surface area (Å²) in [5.41, 5.74) is 1.33. The fourth-order valence-electron chi connectivity index (χ4n) is 1.83. The Morgan fingerprint density at radius 1 is 1.00 bits per heavy atom. The summed E-state index contributed by atoms with van der Waals surface area (Å²) in [5.74, 6) is 2.27. The van der Waals surface area contributed by atoms with Crippen LogP contribution >= 0.6 is 0 Å². The SMILES string of the molecule is C[Se]c1cccc2cccc(N(C)C)c12. The second-order valence-electron chi connectivity index (χ2n) is 3.73. The summed E-state index contributed by atoms with van der Waals surface area (Å²) in [6.07, 6.45) is 0. The van der Waals surface area contributed by atoms with Gasteiger partial charge in [-0.25, -0.2) is 0 Å². The number of hydrogen-bond donors (Lipinski definition) is 0. The first-order chi connectivity index (χ1) is 7.24. The third kappa shape index (κ3) is 1.88. The molecular weight excluding hydrogens is 249 g/mol. The zero-order valence-corrected chi connectivity index (χ0v) is 11.0. The van der Waals surface area contributed by atoms with Gasteiger partial charge in [0.2, 0.25) is 0 Å². The van der Waals surface area contributed by atoms with Crippen LogP contribution in [-0.2, 0) is 0 Å². The molecule has 2 aromatic carbocycles. The van der Waals surface area contributed by atoms with Crippen molar-refractivity contribution >= 4 is 35.9 Å². The van der Waals surface area contributed by atoms with Crippen molar-refractivity contribution in [2.75, 3.05) is 19.0 Å². The Morgan fingerprint density at radius 2 is 1.67 bits per heavy atom. The van der Waals surface area contributed by atoms with Gasteiger partial charge in [-0.3, -0.25) is 0 Å². The van der Waals surface area contributed by atoms with Crippen LogP contribution in [0.25, 0.3) is 10.8 Å². The summed E-state index contributed by atoms with van der Waals surface area (Å²) in [6.45, 7) is 0. The van der Waals surface area contributed by atoms with Gasteiger partial charge in [0.25, 0.3) is 0 Å². The maximum absolute atomic E-state index is 2.27. The van der Waals surface area contributed by atoms with Crippen LogP contribution < -0.4 is 9.36 Å². The molecule has 15 heavy (non-hydrogen) atoms. The molecule has 0 aliphatic heterocycles. The predicted octanol–water partition coefficient (Wildman–Crippen LogP) is 2.28. The Kier molecular flexibility index (Phi) is 2.99. The van der Waals surface area contributed by atoms with Gasteiger partial charge in [0, 0.05) is 0 Å². The topological polar surface area (TPSA) is 3.24 Å². The van der Waals surface area contributed by atoms with Gasteiger partial charge in [-0.05, 0) is 0 Å². The summed E-state index contributed by atoms with van der Waals surface area (Å²) in [5, 5.41) is 2.77. The molecule has 0 aromatic heterocycles. The molecule has 2 aromatic rings. The molecule has 0 fully saturated rings. The van der Waals surface area contributed by atoms with E-state index >= 15 is 0 Å². The van der Waals surface area contributed by atoms with Gasteiger partial charge < -0.3 is 0 Å². The summed E-state index contributed by atoms with van der Waals surface area (Å²) in [4.78, 5) is 2.19. The molecule has 0 saturated carbocycles. The molecule has 0 spiro atoms. The summed E-state index contributed by atoms with van der Waals surface area (Å²) < 4.78 is 1.49. The second-order valence-corrected chi connectivity index (χ2v) is 5.51. The molecule has 0 atom stereocenters. The number of nitrogens with zero attached hydrogens (tertiary/aromatic N) is 1. The monoisotopic (exact) mass is 265 g/mol. The molecule has 0 amide bonds. The molecule has 0 unspecified atom stereocenters. The predicted molar refractivity (Wildman–Crippen MR) is 69.5 cm³/mol. The van der Waals surface area contributed by atoms with Crippen molar-refractivity contribution in [1.29, 1.82) is 0 Å². The molecule has 0 aliphatic rings. The minimum absolute atomic E-state index is 0.547. The zero-order valence-electron chi connectivity index (χ0n) is 9.32. The molecule has 0 aliphatic carbocycles. The Balaban J connectivity index is 2.81. The van der Waals surface area contributed by atoms with Crippen molar-refractivity contribution in [3.8, 4) is 0 Å². The normalized spacial score (nSPS) is 10.6. The number of fused-ring (bicyclic) bond motifs is 1. The molecule has 2 rings (SSSR count). The third-order valence-corrected chi connectivity index (χ3v) is 4.18. The number of anilines is 1. The number of rotatable bonds is 2. The molecule has 2 heteroatoms. The van der Waals surface area contributed by atoms with Crippen molar-refractivity contribution in [3.05, 3.63) is 36.4 Å². The molecule has 0 N–H and O–H groups in total. The van der Waals surface area contributed by atoms with Gasteiger partial charge in [-0.15, -0.1) is 0 Å². The van der Waals surface area contributed by atoms with Crippen LogP contribution in [0.15, 0.2) is 36.4 Å². The van der Waals surface area contributed by atoms with Crippen LogP contribution in [0.5, 0.6) is 0 Å². The molecule has 0 bridgehead atoms. The first-order valence-corrected chi connectivity index (χ1v) is 7.54. The van der Waals surface area contributed by atoms with Gasteiger partial charge >= 0.3 is 97.1 Å². The zero-order chi connectivity index (χ0) is 10.8. The Labute approximate surface area is 97.2 Å². The van der Waals surface area contributed by atoms with Crippen LogP contribution in [0.3, 0.4) is 0 Å². The van der Waals surface area contributed by atoms with Crippen molar-refractivity contribution in [1.82, 2.24) is 0 Å². The van der Waals surface area contributed by atoms with Crippen LogP contribution in [0.4, 0.5) is 5.69 Å². The average molecular weight is 264 g/mol. The maximum atomic E-state index is 2.27. The van der Waals surface area contributed by atoms with Gasteiger partial charge in [-0.2, -0.15) is 0 Å². The molecule has 0 heterocycles. The molecular formula is C13H15NSe. The average Bonchev–Trinajstić information content (AvgIpc) is 2.27. The Morgan fingerprint density at radius 3 is 2.27 bits per heavy atom. The van der Waals surface area contributed by atoms with E-state index < -0.39 is 0 Å². The van der Waals surface area contributed by atoms with E-state index in [1.807, 2.05) is 0 Å². The van der Waals surface area contributed by atoms with Gasteiger partial charge in [0.1, 0.15) is 0 Å². The van der Waals surface area contributed by atoms with Crippen molar-refractivity contribution in [3.63, 3.8) is 0 Å². The third-order valence-electron chi connectivity index (χ3n) is 2.55. The molecule has 1 nitrogen and oxygen atoms in total. The first-order valence-electron chi connectivity index (χ1n) is 4.97. The van der Waals surface area contributed by atoms with Gasteiger partial charge in [0.15, 0.2) is 0 Å². The van der Waals surface area contributed by atoms with Crippen molar-refractivity contribution in [2.24, 2.45) is 0 Å². The van der Waals surface area contributed by atoms with E-state index in [4.69, 9.17) is 0 Å². The first kappa shape index (κ1) is 10.5. The molecule has 0 saturated heterocycles. The standard InChI is InChI=1S/C13H15NSe/c1-14(2)11-8-4-6-10-7-5-9-12(15-3)13(10)11/h4-9H,1-3H3. The van der Waals surface area contributed by atoms with Gasteiger partial charge in [0.05, 0.1) is 0 Å². The van der Waals surface area contributed by atoms with Crippen LogP contribution in [-0.4, -0.2) is 29.1 Å². The molecule has 78 valence electrons. The number of hydrogen-bond acceptors (Lipinski definition) is 1. The van der Waals surface area contributed by atoms with E-state index in [2.05, 4.69) is 61.2 Å². The van der Waals surface area contributed by atoms with E-state index in [9.17, 15) is 0 Å². The summed E-state index contributed by atoms with van der Waals surface area (Å²) >= 11 is 0.547. The van der Waals surface area contributed by atoms with Crippen molar-refractivity contribution < 1.29 is 0 Å². The van der Waals surface area contributed by atoms with E-state index in [1.165, 1.54) is 20.9 Å². The number of benzene rings is 2. The fraction of sp³-hybridized carbons (Fsp3) is 0.231. The molecule has 0 radical (unpaired) electrons. The van der Waals surface area contributed by atoms with Crippen LogP contribution in [0.1, 0.15) is 0 Å². The second kappa shape index (κ2) is 4.26.